The summed E-state index contributed by atoms with van der Waals surface area (Å²) >= 11 is 7.72. The van der Waals surface area contributed by atoms with Gasteiger partial charge in [-0.25, -0.2) is 9.97 Å². The molecule has 0 radical (unpaired) electrons. The highest BCUT2D eigenvalue weighted by Crippen LogP contribution is 2.31. The topological polar surface area (TPSA) is 41.0 Å². The van der Waals surface area contributed by atoms with E-state index in [4.69, 9.17) is 11.6 Å². The summed E-state index contributed by atoms with van der Waals surface area (Å²) in [5.41, 5.74) is 0. The number of aryl methyl sites for hydroxylation is 1. The molecule has 1 fully saturated rings. The zero-order chi connectivity index (χ0) is 13.4. The Kier molecular flexibility index (Phi) is 3.60. The van der Waals surface area contributed by atoms with Gasteiger partial charge in [0.1, 0.15) is 10.6 Å². The minimum absolute atomic E-state index is 0.325. The fraction of sp³-hybridized carbons (Fsp3) is 0.538. The van der Waals surface area contributed by atoms with E-state index in [2.05, 4.69) is 40.2 Å². The fourth-order valence-corrected chi connectivity index (χ4v) is 3.66. The molecule has 1 unspecified atom stereocenters. The van der Waals surface area contributed by atoms with Crippen molar-refractivity contribution in [2.75, 3.05) is 25.5 Å². The molecule has 0 spiro atoms. The van der Waals surface area contributed by atoms with Crippen LogP contribution < -0.4 is 5.32 Å². The van der Waals surface area contributed by atoms with Crippen molar-refractivity contribution in [2.24, 2.45) is 0 Å². The van der Waals surface area contributed by atoms with Crippen LogP contribution in [0.4, 0.5) is 5.82 Å². The Morgan fingerprint density at radius 2 is 2.37 bits per heavy atom. The lowest BCUT2D eigenvalue weighted by Crippen LogP contribution is -2.24. The summed E-state index contributed by atoms with van der Waals surface area (Å²) in [4.78, 5) is 13.3. The number of hydrogen-bond acceptors (Lipinski definition) is 5. The number of halogens is 1. The first-order valence-corrected chi connectivity index (χ1v) is 7.76. The molecular formula is C13H17ClN4S. The Morgan fingerprint density at radius 3 is 3.05 bits per heavy atom. The van der Waals surface area contributed by atoms with E-state index < -0.39 is 0 Å². The Bertz CT molecular complexity index is 598. The van der Waals surface area contributed by atoms with Crippen molar-refractivity contribution < 1.29 is 0 Å². The number of hydrogen-bond donors (Lipinski definition) is 1. The van der Waals surface area contributed by atoms with E-state index in [9.17, 15) is 0 Å². The van der Waals surface area contributed by atoms with Gasteiger partial charge in [-0.05, 0) is 44.1 Å². The van der Waals surface area contributed by atoms with Crippen LogP contribution in [0.5, 0.6) is 0 Å². The van der Waals surface area contributed by atoms with Crippen molar-refractivity contribution >= 4 is 39.0 Å². The molecule has 0 bridgehead atoms. The van der Waals surface area contributed by atoms with E-state index >= 15 is 0 Å². The molecule has 4 nitrogen and oxygen atoms in total. The van der Waals surface area contributed by atoms with Gasteiger partial charge in [0.05, 0.1) is 5.39 Å². The van der Waals surface area contributed by atoms with Crippen LogP contribution in [0.1, 0.15) is 18.2 Å². The van der Waals surface area contributed by atoms with Gasteiger partial charge in [-0.3, -0.25) is 0 Å². The Morgan fingerprint density at radius 1 is 1.53 bits per heavy atom. The molecule has 0 saturated carbocycles. The molecule has 6 heteroatoms. The lowest BCUT2D eigenvalue weighted by Gasteiger charge is -2.14. The van der Waals surface area contributed by atoms with Gasteiger partial charge >= 0.3 is 0 Å². The van der Waals surface area contributed by atoms with Crippen molar-refractivity contribution in [3.8, 4) is 0 Å². The normalized spacial score (nSPS) is 20.3. The average molecular weight is 297 g/mol. The monoisotopic (exact) mass is 296 g/mol. The molecule has 0 amide bonds. The van der Waals surface area contributed by atoms with Gasteiger partial charge in [0.15, 0.2) is 0 Å². The van der Waals surface area contributed by atoms with Gasteiger partial charge in [0, 0.05) is 17.5 Å². The number of nitrogens with zero attached hydrogens (tertiary/aromatic N) is 3. The number of fused-ring (bicyclic) bond motifs is 1. The van der Waals surface area contributed by atoms with Crippen LogP contribution in [0.3, 0.4) is 0 Å². The first-order chi connectivity index (χ1) is 9.15. The average Bonchev–Trinajstić information content (AvgIpc) is 2.95. The smallest absolute Gasteiger partial charge is 0.225 e. The van der Waals surface area contributed by atoms with Crippen LogP contribution in [0, 0.1) is 0 Å². The fourth-order valence-electron chi connectivity index (χ4n) is 2.48. The highest BCUT2D eigenvalue weighted by molar-refractivity contribution is 7.18. The summed E-state index contributed by atoms with van der Waals surface area (Å²) in [5, 5.41) is 4.94. The highest BCUT2D eigenvalue weighted by atomic mass is 35.5. The molecule has 1 atom stereocenters. The minimum Gasteiger partial charge on any atom is -0.365 e. The maximum atomic E-state index is 6.02. The van der Waals surface area contributed by atoms with E-state index in [1.54, 1.807) is 11.3 Å². The predicted molar refractivity (Wildman–Crippen MR) is 81.3 cm³/mol. The van der Waals surface area contributed by atoms with Gasteiger partial charge in [0.2, 0.25) is 5.28 Å². The van der Waals surface area contributed by atoms with Crippen molar-refractivity contribution in [1.29, 1.82) is 0 Å². The molecule has 1 aliphatic rings. The summed E-state index contributed by atoms with van der Waals surface area (Å²) in [6, 6.07) is 2.63. The lowest BCUT2D eigenvalue weighted by atomic mass is 10.2. The molecule has 2 aromatic heterocycles. The van der Waals surface area contributed by atoms with Crippen molar-refractivity contribution in [3.05, 3.63) is 16.2 Å². The Balaban J connectivity index is 1.94. The molecule has 1 aliphatic heterocycles. The summed E-state index contributed by atoms with van der Waals surface area (Å²) in [6.07, 6.45) is 2.16. The quantitative estimate of drug-likeness (QED) is 0.884. The first kappa shape index (κ1) is 13.1. The van der Waals surface area contributed by atoms with Crippen LogP contribution in [-0.4, -0.2) is 41.0 Å². The third-order valence-electron chi connectivity index (χ3n) is 3.50. The Labute approximate surface area is 121 Å². The largest absolute Gasteiger partial charge is 0.365 e. The standard InChI is InChI=1S/C13H17ClN4S/c1-3-9-6-10-11(15-8-4-5-18(2)7-8)16-13(14)17-12(10)19-9/h6,8H,3-5,7H2,1-2H3,(H,15,16,17). The SMILES string of the molecule is CCc1cc2c(NC3CCN(C)C3)nc(Cl)nc2s1. The third kappa shape index (κ3) is 2.68. The second-order valence-corrected chi connectivity index (χ2v) is 6.47. The molecule has 3 heterocycles. The molecule has 102 valence electrons. The van der Waals surface area contributed by atoms with E-state index in [0.29, 0.717) is 11.3 Å². The number of aromatic nitrogens is 2. The van der Waals surface area contributed by atoms with Crippen LogP contribution in [-0.2, 0) is 6.42 Å². The van der Waals surface area contributed by atoms with Crippen molar-refractivity contribution in [1.82, 2.24) is 14.9 Å². The zero-order valence-electron chi connectivity index (χ0n) is 11.1. The third-order valence-corrected chi connectivity index (χ3v) is 4.84. The maximum Gasteiger partial charge on any atom is 0.225 e. The number of anilines is 1. The molecule has 3 rings (SSSR count). The van der Waals surface area contributed by atoms with Crippen LogP contribution >= 0.6 is 22.9 Å². The lowest BCUT2D eigenvalue weighted by molar-refractivity contribution is 0.414. The summed E-state index contributed by atoms with van der Waals surface area (Å²) in [6.45, 7) is 4.33. The van der Waals surface area contributed by atoms with Gasteiger partial charge in [0.25, 0.3) is 0 Å². The van der Waals surface area contributed by atoms with Gasteiger partial charge < -0.3 is 10.2 Å². The van der Waals surface area contributed by atoms with Crippen LogP contribution in [0.15, 0.2) is 6.07 Å². The summed E-state index contributed by atoms with van der Waals surface area (Å²) in [7, 11) is 2.14. The maximum absolute atomic E-state index is 6.02. The summed E-state index contributed by atoms with van der Waals surface area (Å²) < 4.78 is 0. The van der Waals surface area contributed by atoms with Gasteiger partial charge in [-0.1, -0.05) is 6.92 Å². The van der Waals surface area contributed by atoms with Crippen LogP contribution in [0.2, 0.25) is 5.28 Å². The van der Waals surface area contributed by atoms with Gasteiger partial charge in [-0.15, -0.1) is 11.3 Å². The molecule has 1 N–H and O–H groups in total. The molecule has 2 aromatic rings. The highest BCUT2D eigenvalue weighted by Gasteiger charge is 2.21. The van der Waals surface area contributed by atoms with E-state index in [1.807, 2.05) is 0 Å². The number of nitrogens with one attached hydrogen (secondary N) is 1. The molecule has 0 aliphatic carbocycles. The second kappa shape index (κ2) is 5.23. The molecule has 19 heavy (non-hydrogen) atoms. The molecule has 0 aromatic carbocycles. The number of likely N-dealkylation sites (N-methyl/N-ethyl adjacent to an activating group) is 1. The van der Waals surface area contributed by atoms with Crippen molar-refractivity contribution in [2.45, 2.75) is 25.8 Å². The number of likely N-dealkylation sites (tertiary alicyclic amines) is 1. The summed E-state index contributed by atoms with van der Waals surface area (Å²) in [5.74, 6) is 0.881. The van der Waals surface area contributed by atoms with Crippen molar-refractivity contribution in [3.63, 3.8) is 0 Å². The van der Waals surface area contributed by atoms with Crippen LogP contribution in [0.25, 0.3) is 10.2 Å². The molecule has 1 saturated heterocycles. The second-order valence-electron chi connectivity index (χ2n) is 5.02. The first-order valence-electron chi connectivity index (χ1n) is 6.56. The Hall–Kier alpha value is -0.910. The predicted octanol–water partition coefficient (Wildman–Crippen LogP) is 3.02. The van der Waals surface area contributed by atoms with E-state index in [-0.39, 0.29) is 0 Å². The van der Waals surface area contributed by atoms with Gasteiger partial charge in [-0.2, -0.15) is 0 Å². The number of thiophene rings is 1. The zero-order valence-corrected chi connectivity index (χ0v) is 12.7. The minimum atomic E-state index is 0.325. The van der Waals surface area contributed by atoms with E-state index in [1.165, 1.54) is 4.88 Å². The molecular weight excluding hydrogens is 280 g/mol. The van der Waals surface area contributed by atoms with E-state index in [0.717, 1.165) is 42.0 Å². The number of rotatable bonds is 3.